The van der Waals surface area contributed by atoms with Crippen LogP contribution in [0.25, 0.3) is 0 Å². The Bertz CT molecular complexity index is 752. The highest BCUT2D eigenvalue weighted by Gasteiger charge is 2.44. The number of hydrogen-bond donors (Lipinski definition) is 2. The van der Waals surface area contributed by atoms with Gasteiger partial charge in [-0.25, -0.2) is 0 Å². The molecule has 6 nitrogen and oxygen atoms in total. The van der Waals surface area contributed by atoms with Crippen LogP contribution in [0.15, 0.2) is 35.5 Å². The van der Waals surface area contributed by atoms with Gasteiger partial charge in [0, 0.05) is 6.92 Å². The van der Waals surface area contributed by atoms with Crippen molar-refractivity contribution in [1.29, 1.82) is 0 Å². The minimum atomic E-state index is -1.23. The van der Waals surface area contributed by atoms with Crippen LogP contribution < -0.4 is 0 Å². The van der Waals surface area contributed by atoms with Gasteiger partial charge in [-0.05, 0) is 83.0 Å². The summed E-state index contributed by atoms with van der Waals surface area (Å²) in [6, 6.07) is 0. The van der Waals surface area contributed by atoms with Crippen LogP contribution in [0.3, 0.4) is 0 Å². The first-order chi connectivity index (χ1) is 15.7. The summed E-state index contributed by atoms with van der Waals surface area (Å²) in [6.45, 7) is 12.5. The first-order valence-corrected chi connectivity index (χ1v) is 12.4. The van der Waals surface area contributed by atoms with Crippen LogP contribution >= 0.6 is 0 Å². The highest BCUT2D eigenvalue weighted by molar-refractivity contribution is 5.66. The van der Waals surface area contributed by atoms with Gasteiger partial charge in [-0.2, -0.15) is 0 Å². The van der Waals surface area contributed by atoms with E-state index in [4.69, 9.17) is 14.2 Å². The molecule has 2 aliphatic carbocycles. The molecule has 0 spiro atoms. The topological polar surface area (TPSA) is 85.2 Å². The number of carbonyl (C=O) groups excluding carboxylic acids is 1. The number of fused-ring (bicyclic) bond motifs is 1. The van der Waals surface area contributed by atoms with Crippen LogP contribution in [0.5, 0.6) is 0 Å². The third-order valence-electron chi connectivity index (χ3n) is 7.51. The molecule has 1 heterocycles. The monoisotopic (exact) mass is 462 g/mol. The molecule has 3 aliphatic rings. The van der Waals surface area contributed by atoms with Gasteiger partial charge in [0.05, 0.1) is 13.2 Å². The maximum atomic E-state index is 11.6. The molecular formula is C27H42O6. The normalized spacial score (nSPS) is 35.3. The highest BCUT2D eigenvalue weighted by atomic mass is 16.7. The molecule has 8 unspecified atom stereocenters. The first-order valence-electron chi connectivity index (χ1n) is 12.4. The second kappa shape index (κ2) is 11.8. The van der Waals surface area contributed by atoms with E-state index >= 15 is 0 Å². The van der Waals surface area contributed by atoms with Crippen LogP contribution in [0.1, 0.15) is 66.2 Å². The van der Waals surface area contributed by atoms with Gasteiger partial charge in [-0.3, -0.25) is 4.79 Å². The summed E-state index contributed by atoms with van der Waals surface area (Å²) in [6.07, 6.45) is 6.90. The smallest absolute Gasteiger partial charge is 0.303 e. The van der Waals surface area contributed by atoms with E-state index in [-0.39, 0.29) is 6.61 Å². The predicted octanol–water partition coefficient (Wildman–Crippen LogP) is 4.31. The van der Waals surface area contributed by atoms with E-state index in [1.165, 1.54) is 30.1 Å². The Morgan fingerprint density at radius 2 is 2.03 bits per heavy atom. The summed E-state index contributed by atoms with van der Waals surface area (Å²) >= 11 is 0. The molecule has 1 saturated carbocycles. The molecule has 0 amide bonds. The van der Waals surface area contributed by atoms with Crippen LogP contribution in [0, 0.1) is 23.7 Å². The first kappa shape index (κ1) is 26.1. The Balaban J connectivity index is 1.76. The molecule has 33 heavy (non-hydrogen) atoms. The zero-order valence-electron chi connectivity index (χ0n) is 20.7. The quantitative estimate of drug-likeness (QED) is 0.413. The van der Waals surface area contributed by atoms with Gasteiger partial charge < -0.3 is 24.4 Å². The van der Waals surface area contributed by atoms with Crippen LogP contribution in [0.4, 0.5) is 0 Å². The van der Waals surface area contributed by atoms with Gasteiger partial charge in [0.1, 0.15) is 12.2 Å². The van der Waals surface area contributed by atoms with E-state index in [0.717, 1.165) is 32.1 Å². The van der Waals surface area contributed by atoms with Crippen molar-refractivity contribution < 1.29 is 29.2 Å². The molecule has 2 fully saturated rings. The molecule has 1 aliphatic heterocycles. The lowest BCUT2D eigenvalue weighted by Crippen LogP contribution is -2.55. The third kappa shape index (κ3) is 6.78. The number of ether oxygens (including phenoxy) is 3. The minimum Gasteiger partial charge on any atom is -0.454 e. The second-order valence-electron chi connectivity index (χ2n) is 10.4. The molecular weight excluding hydrogens is 420 g/mol. The fourth-order valence-electron chi connectivity index (χ4n) is 5.73. The number of aliphatic hydroxyl groups excluding tert-OH is 2. The minimum absolute atomic E-state index is 0.0537. The van der Waals surface area contributed by atoms with Crippen molar-refractivity contribution in [3.63, 3.8) is 0 Å². The summed E-state index contributed by atoms with van der Waals surface area (Å²) in [5.41, 5.74) is 4.15. The lowest BCUT2D eigenvalue weighted by molar-refractivity contribution is -0.278. The summed E-state index contributed by atoms with van der Waals surface area (Å²) in [7, 11) is 0. The van der Waals surface area contributed by atoms with Crippen molar-refractivity contribution in [2.24, 2.45) is 23.7 Å². The number of allylic oxidation sites excluding steroid dienone is 5. The lowest BCUT2D eigenvalue weighted by Gasteiger charge is -2.45. The Hall–Kier alpha value is -1.47. The van der Waals surface area contributed by atoms with Gasteiger partial charge in [0.2, 0.25) is 0 Å². The molecule has 6 heteroatoms. The van der Waals surface area contributed by atoms with Crippen molar-refractivity contribution in [2.75, 3.05) is 13.2 Å². The van der Waals surface area contributed by atoms with Crippen molar-refractivity contribution in [2.45, 2.75) is 90.8 Å². The third-order valence-corrected chi connectivity index (χ3v) is 7.51. The van der Waals surface area contributed by atoms with E-state index in [1.54, 1.807) is 0 Å². The highest BCUT2D eigenvalue weighted by Crippen LogP contribution is 2.48. The number of aliphatic hydroxyl groups is 2. The zero-order valence-corrected chi connectivity index (χ0v) is 20.7. The van der Waals surface area contributed by atoms with Crippen LogP contribution in [-0.4, -0.2) is 54.0 Å². The Labute approximate surface area is 198 Å². The number of hydrogen-bond acceptors (Lipinski definition) is 6. The van der Waals surface area contributed by atoms with Crippen molar-refractivity contribution in [3.8, 4) is 0 Å². The molecule has 8 atom stereocenters. The van der Waals surface area contributed by atoms with Gasteiger partial charge in [0.25, 0.3) is 0 Å². The largest absolute Gasteiger partial charge is 0.454 e. The molecule has 1 saturated heterocycles. The fraction of sp³-hybridized carbons (Fsp3) is 0.741. The molecule has 186 valence electrons. The molecule has 0 aromatic heterocycles. The Kier molecular flexibility index (Phi) is 9.34. The van der Waals surface area contributed by atoms with Gasteiger partial charge in [-0.15, -0.1) is 0 Å². The summed E-state index contributed by atoms with van der Waals surface area (Å²) in [5, 5.41) is 20.3. The summed E-state index contributed by atoms with van der Waals surface area (Å²) in [4.78, 5) is 11.6. The van der Waals surface area contributed by atoms with Crippen LogP contribution in [0.2, 0.25) is 0 Å². The number of esters is 1. The Morgan fingerprint density at radius 3 is 2.73 bits per heavy atom. The molecule has 3 rings (SSSR count). The standard InChI is InChI=1S/C27H42O6/c1-16(2)7-6-8-20(22-12-10-18(4)21-11-9-17(3)13-23(21)22)14-31-27-26(33-19(5)28)25(30)24(29)15-32-27/h7,13,20-27,29-30H,4,6,8-12,14-15H2,1-3,5H3. The SMILES string of the molecule is C=C1CCC(C(CCC=C(C)C)COC2OCC(O)C(O)C2OC(C)=O)C2C=C(C)CCC12. The van der Waals surface area contributed by atoms with E-state index in [2.05, 4.69) is 39.5 Å². The number of rotatable bonds is 8. The Morgan fingerprint density at radius 1 is 1.27 bits per heavy atom. The maximum absolute atomic E-state index is 11.6. The van der Waals surface area contributed by atoms with Crippen LogP contribution in [-0.2, 0) is 19.0 Å². The van der Waals surface area contributed by atoms with Crippen molar-refractivity contribution in [1.82, 2.24) is 0 Å². The molecule has 0 aromatic rings. The fourth-order valence-corrected chi connectivity index (χ4v) is 5.73. The average Bonchev–Trinajstić information content (AvgIpc) is 2.75. The summed E-state index contributed by atoms with van der Waals surface area (Å²) < 4.78 is 17.1. The van der Waals surface area contributed by atoms with E-state index in [9.17, 15) is 15.0 Å². The van der Waals surface area contributed by atoms with E-state index in [0.29, 0.717) is 30.3 Å². The van der Waals surface area contributed by atoms with Gasteiger partial charge in [-0.1, -0.05) is 35.5 Å². The second-order valence-corrected chi connectivity index (χ2v) is 10.4. The van der Waals surface area contributed by atoms with Crippen molar-refractivity contribution >= 4 is 5.97 Å². The van der Waals surface area contributed by atoms with Gasteiger partial charge >= 0.3 is 5.97 Å². The molecule has 0 aromatic carbocycles. The summed E-state index contributed by atoms with van der Waals surface area (Å²) in [5.74, 6) is 1.25. The molecule has 0 radical (unpaired) electrons. The van der Waals surface area contributed by atoms with Gasteiger partial charge in [0.15, 0.2) is 12.4 Å². The average molecular weight is 463 g/mol. The van der Waals surface area contributed by atoms with E-state index in [1.807, 2.05) is 0 Å². The zero-order chi connectivity index (χ0) is 24.1. The molecule has 2 N–H and O–H groups in total. The number of carbonyl (C=O) groups is 1. The maximum Gasteiger partial charge on any atom is 0.303 e. The predicted molar refractivity (Wildman–Crippen MR) is 127 cm³/mol. The van der Waals surface area contributed by atoms with Crippen molar-refractivity contribution in [3.05, 3.63) is 35.5 Å². The molecule has 0 bridgehead atoms. The van der Waals surface area contributed by atoms with E-state index < -0.39 is 30.6 Å². The lowest BCUT2D eigenvalue weighted by atomic mass is 9.61.